The van der Waals surface area contributed by atoms with Gasteiger partial charge in [-0.05, 0) is 42.6 Å². The van der Waals surface area contributed by atoms with E-state index in [1.54, 1.807) is 23.0 Å². The van der Waals surface area contributed by atoms with Crippen molar-refractivity contribution in [3.05, 3.63) is 47.3 Å². The molecule has 3 nitrogen and oxygen atoms in total. The van der Waals surface area contributed by atoms with Crippen LogP contribution in [0.25, 0.3) is 0 Å². The number of nitrogens with zero attached hydrogens (tertiary/aromatic N) is 3. The van der Waals surface area contributed by atoms with Crippen molar-refractivity contribution in [2.75, 3.05) is 0 Å². The predicted octanol–water partition coefficient (Wildman–Crippen LogP) is 2.87. The number of rotatable bonds is 3. The zero-order valence-corrected chi connectivity index (χ0v) is 9.52. The van der Waals surface area contributed by atoms with Crippen molar-refractivity contribution in [1.29, 1.82) is 0 Å². The molecule has 1 atom stereocenters. The fourth-order valence-electron chi connectivity index (χ4n) is 1.58. The SMILES string of the molecule is CC(Cc1ccc(F)cc1)n1cnnc1Cl. The number of halogens is 2. The summed E-state index contributed by atoms with van der Waals surface area (Å²) in [5, 5.41) is 7.80. The minimum atomic E-state index is -0.223. The van der Waals surface area contributed by atoms with E-state index in [2.05, 4.69) is 10.2 Å². The van der Waals surface area contributed by atoms with E-state index in [-0.39, 0.29) is 11.9 Å². The van der Waals surface area contributed by atoms with Gasteiger partial charge in [0.1, 0.15) is 12.1 Å². The highest BCUT2D eigenvalue weighted by Gasteiger charge is 2.09. The van der Waals surface area contributed by atoms with Crippen LogP contribution in [0.15, 0.2) is 30.6 Å². The van der Waals surface area contributed by atoms with Gasteiger partial charge in [0.15, 0.2) is 0 Å². The molecule has 1 aromatic heterocycles. The van der Waals surface area contributed by atoms with Crippen LogP contribution in [0.4, 0.5) is 4.39 Å². The summed E-state index contributed by atoms with van der Waals surface area (Å²) in [6, 6.07) is 6.59. The molecule has 1 heterocycles. The maximum atomic E-state index is 12.7. The Morgan fingerprint density at radius 1 is 1.38 bits per heavy atom. The summed E-state index contributed by atoms with van der Waals surface area (Å²) >= 11 is 5.86. The highest BCUT2D eigenvalue weighted by Crippen LogP contribution is 2.17. The lowest BCUT2D eigenvalue weighted by molar-refractivity contribution is 0.542. The van der Waals surface area contributed by atoms with Gasteiger partial charge in [-0.3, -0.25) is 0 Å². The third-order valence-electron chi connectivity index (χ3n) is 2.45. The molecule has 5 heteroatoms. The molecule has 0 saturated carbocycles. The van der Waals surface area contributed by atoms with Crippen molar-refractivity contribution >= 4 is 11.6 Å². The van der Waals surface area contributed by atoms with Gasteiger partial charge in [-0.1, -0.05) is 12.1 Å². The van der Waals surface area contributed by atoms with Gasteiger partial charge in [0, 0.05) is 6.04 Å². The molecular formula is C11H11ClFN3. The van der Waals surface area contributed by atoms with E-state index in [4.69, 9.17) is 11.6 Å². The molecule has 0 N–H and O–H groups in total. The Bertz CT molecular complexity index is 466. The standard InChI is InChI=1S/C11H11ClFN3/c1-8(16-7-14-15-11(16)12)6-9-2-4-10(13)5-3-9/h2-5,7-8H,6H2,1H3. The normalized spacial score (nSPS) is 12.7. The van der Waals surface area contributed by atoms with Crippen molar-refractivity contribution in [2.24, 2.45) is 0 Å². The number of hydrogen-bond donors (Lipinski definition) is 0. The first kappa shape index (κ1) is 11.1. The predicted molar refractivity (Wildman–Crippen MR) is 59.8 cm³/mol. The maximum absolute atomic E-state index is 12.7. The molecule has 0 fully saturated rings. The highest BCUT2D eigenvalue weighted by atomic mass is 35.5. The maximum Gasteiger partial charge on any atom is 0.225 e. The molecule has 2 rings (SSSR count). The quantitative estimate of drug-likeness (QED) is 0.825. The summed E-state index contributed by atoms with van der Waals surface area (Å²) in [5.74, 6) is -0.223. The van der Waals surface area contributed by atoms with Crippen LogP contribution in [0.3, 0.4) is 0 Å². The van der Waals surface area contributed by atoms with Crippen LogP contribution >= 0.6 is 11.6 Å². The first-order valence-corrected chi connectivity index (χ1v) is 5.34. The number of aromatic nitrogens is 3. The van der Waals surface area contributed by atoms with Crippen molar-refractivity contribution in [3.8, 4) is 0 Å². The number of hydrogen-bond acceptors (Lipinski definition) is 2. The van der Waals surface area contributed by atoms with E-state index in [9.17, 15) is 4.39 Å². The lowest BCUT2D eigenvalue weighted by Gasteiger charge is -2.13. The average molecular weight is 240 g/mol. The van der Waals surface area contributed by atoms with Crippen LogP contribution in [-0.4, -0.2) is 14.8 Å². The van der Waals surface area contributed by atoms with Crippen molar-refractivity contribution in [3.63, 3.8) is 0 Å². The summed E-state index contributed by atoms with van der Waals surface area (Å²) in [4.78, 5) is 0. The monoisotopic (exact) mass is 239 g/mol. The summed E-state index contributed by atoms with van der Waals surface area (Å²) in [6.45, 7) is 2.01. The Kier molecular flexibility index (Phi) is 3.19. The fraction of sp³-hybridized carbons (Fsp3) is 0.273. The minimum Gasteiger partial charge on any atom is -0.301 e. The van der Waals surface area contributed by atoms with Gasteiger partial charge >= 0.3 is 0 Å². The Labute approximate surface area is 97.9 Å². The molecule has 0 bridgehead atoms. The first-order chi connectivity index (χ1) is 7.66. The molecule has 0 aliphatic heterocycles. The molecule has 0 aliphatic carbocycles. The molecule has 16 heavy (non-hydrogen) atoms. The molecule has 1 unspecified atom stereocenters. The molecule has 84 valence electrons. The molecule has 0 saturated heterocycles. The van der Waals surface area contributed by atoms with E-state index >= 15 is 0 Å². The van der Waals surface area contributed by atoms with Crippen LogP contribution in [0.1, 0.15) is 18.5 Å². The molecule has 0 aliphatic rings. The van der Waals surface area contributed by atoms with Crippen LogP contribution < -0.4 is 0 Å². The second kappa shape index (κ2) is 4.61. The van der Waals surface area contributed by atoms with E-state index in [1.165, 1.54) is 12.1 Å². The largest absolute Gasteiger partial charge is 0.301 e. The van der Waals surface area contributed by atoms with Gasteiger partial charge in [0.05, 0.1) is 0 Å². The van der Waals surface area contributed by atoms with Crippen LogP contribution in [0, 0.1) is 5.82 Å². The van der Waals surface area contributed by atoms with Crippen LogP contribution in [-0.2, 0) is 6.42 Å². The molecule has 0 radical (unpaired) electrons. The van der Waals surface area contributed by atoms with Crippen molar-refractivity contribution < 1.29 is 4.39 Å². The molecule has 2 aromatic rings. The number of benzene rings is 1. The van der Waals surface area contributed by atoms with Crippen LogP contribution in [0.5, 0.6) is 0 Å². The first-order valence-electron chi connectivity index (χ1n) is 4.96. The Hall–Kier alpha value is -1.42. The van der Waals surface area contributed by atoms with Gasteiger partial charge < -0.3 is 4.57 Å². The van der Waals surface area contributed by atoms with Gasteiger partial charge in [-0.15, -0.1) is 10.2 Å². The molecule has 0 amide bonds. The summed E-state index contributed by atoms with van der Waals surface area (Å²) in [7, 11) is 0. The lowest BCUT2D eigenvalue weighted by Crippen LogP contribution is -2.07. The van der Waals surface area contributed by atoms with Gasteiger partial charge in [0.25, 0.3) is 0 Å². The summed E-state index contributed by atoms with van der Waals surface area (Å²) in [5.41, 5.74) is 1.05. The average Bonchev–Trinajstić information content (AvgIpc) is 2.68. The Morgan fingerprint density at radius 2 is 2.06 bits per heavy atom. The zero-order valence-electron chi connectivity index (χ0n) is 8.77. The second-order valence-corrected chi connectivity index (χ2v) is 4.02. The molecular weight excluding hydrogens is 229 g/mol. The minimum absolute atomic E-state index is 0.146. The van der Waals surface area contributed by atoms with Crippen molar-refractivity contribution in [2.45, 2.75) is 19.4 Å². The van der Waals surface area contributed by atoms with Gasteiger partial charge in [0.2, 0.25) is 5.28 Å². The van der Waals surface area contributed by atoms with Gasteiger partial charge in [-0.2, -0.15) is 0 Å². The Morgan fingerprint density at radius 3 is 2.62 bits per heavy atom. The van der Waals surface area contributed by atoms with E-state index in [1.807, 2.05) is 6.92 Å². The van der Waals surface area contributed by atoms with E-state index < -0.39 is 0 Å². The summed E-state index contributed by atoms with van der Waals surface area (Å²) in [6.07, 6.45) is 2.36. The second-order valence-electron chi connectivity index (χ2n) is 3.69. The third-order valence-corrected chi connectivity index (χ3v) is 2.72. The van der Waals surface area contributed by atoms with E-state index in [0.717, 1.165) is 12.0 Å². The molecule has 1 aromatic carbocycles. The van der Waals surface area contributed by atoms with Crippen molar-refractivity contribution in [1.82, 2.24) is 14.8 Å². The van der Waals surface area contributed by atoms with Gasteiger partial charge in [-0.25, -0.2) is 4.39 Å². The molecule has 0 spiro atoms. The van der Waals surface area contributed by atoms with E-state index in [0.29, 0.717) is 5.28 Å². The topological polar surface area (TPSA) is 30.7 Å². The Balaban J connectivity index is 2.10. The summed E-state index contributed by atoms with van der Waals surface area (Å²) < 4.78 is 14.5. The highest BCUT2D eigenvalue weighted by molar-refractivity contribution is 6.28. The third kappa shape index (κ3) is 2.39. The lowest BCUT2D eigenvalue weighted by atomic mass is 10.1. The zero-order chi connectivity index (χ0) is 11.5. The smallest absolute Gasteiger partial charge is 0.225 e. The fourth-order valence-corrected chi connectivity index (χ4v) is 1.84. The van der Waals surface area contributed by atoms with Crippen LogP contribution in [0.2, 0.25) is 5.28 Å².